The first-order chi connectivity index (χ1) is 8.81. The van der Waals surface area contributed by atoms with Crippen molar-refractivity contribution in [1.82, 2.24) is 10.2 Å². The van der Waals surface area contributed by atoms with Gasteiger partial charge in [-0.15, -0.1) is 0 Å². The predicted molar refractivity (Wildman–Crippen MR) is 72.6 cm³/mol. The normalized spacial score (nSPS) is 11.5. The molecule has 0 radical (unpaired) electrons. The van der Waals surface area contributed by atoms with Crippen LogP contribution in [0.3, 0.4) is 0 Å². The lowest BCUT2D eigenvalue weighted by Gasteiger charge is -2.10. The molecule has 0 atom stereocenters. The number of aromatic amines is 1. The molecule has 0 saturated heterocycles. The van der Waals surface area contributed by atoms with Crippen LogP contribution in [-0.2, 0) is 10.0 Å². The van der Waals surface area contributed by atoms with Crippen molar-refractivity contribution in [3.63, 3.8) is 0 Å². The molecule has 1 aromatic heterocycles. The number of hydrogen-bond donors (Lipinski definition) is 3. The number of nitrogens with zero attached hydrogens (tertiary/aromatic N) is 1. The van der Waals surface area contributed by atoms with Crippen molar-refractivity contribution in [3.05, 3.63) is 34.2 Å². The van der Waals surface area contributed by atoms with E-state index in [4.69, 9.17) is 5.73 Å². The van der Waals surface area contributed by atoms with E-state index in [-0.39, 0.29) is 20.9 Å². The first-order valence-electron chi connectivity index (χ1n) is 5.08. The Balaban J connectivity index is 2.42. The van der Waals surface area contributed by atoms with Gasteiger partial charge in [0.25, 0.3) is 10.0 Å². The minimum absolute atomic E-state index is 0.0636. The Morgan fingerprint density at radius 3 is 2.74 bits per heavy atom. The van der Waals surface area contributed by atoms with Gasteiger partial charge in [-0.3, -0.25) is 9.82 Å². The van der Waals surface area contributed by atoms with Crippen LogP contribution in [0.5, 0.6) is 0 Å². The third-order valence-corrected chi connectivity index (χ3v) is 4.43. The smallest absolute Gasteiger partial charge is 0.267 e. The molecule has 2 rings (SSSR count). The molecule has 0 unspecified atom stereocenters. The highest BCUT2D eigenvalue weighted by Gasteiger charge is 2.20. The quantitative estimate of drug-likeness (QED) is 0.789. The van der Waals surface area contributed by atoms with Crippen molar-refractivity contribution in [3.8, 4) is 0 Å². The molecule has 0 amide bonds. The standard InChI is InChI=1S/C10H10BrFN4O2S/c1-5-2-7(12)6(11)3-8(5)16-19(17,18)9-4-14-15-10(9)13/h2-4,16H,1H3,(H3,13,14,15). The summed E-state index contributed by atoms with van der Waals surface area (Å²) in [5.74, 6) is -0.533. The third kappa shape index (κ3) is 2.71. The first-order valence-corrected chi connectivity index (χ1v) is 7.36. The molecule has 4 N–H and O–H groups in total. The highest BCUT2D eigenvalue weighted by molar-refractivity contribution is 9.10. The van der Waals surface area contributed by atoms with Gasteiger partial charge in [0, 0.05) is 0 Å². The van der Waals surface area contributed by atoms with E-state index < -0.39 is 15.8 Å². The lowest BCUT2D eigenvalue weighted by molar-refractivity contribution is 0.601. The Hall–Kier alpha value is -1.61. The number of anilines is 2. The van der Waals surface area contributed by atoms with E-state index in [1.165, 1.54) is 12.1 Å². The summed E-state index contributed by atoms with van der Waals surface area (Å²) in [6.45, 7) is 1.59. The van der Waals surface area contributed by atoms with Crippen molar-refractivity contribution in [2.24, 2.45) is 0 Å². The van der Waals surface area contributed by atoms with Gasteiger partial charge in [0.1, 0.15) is 16.5 Å². The highest BCUT2D eigenvalue weighted by atomic mass is 79.9. The van der Waals surface area contributed by atoms with E-state index in [0.29, 0.717) is 5.56 Å². The summed E-state index contributed by atoms with van der Waals surface area (Å²) in [6.07, 6.45) is 1.10. The van der Waals surface area contributed by atoms with Crippen LogP contribution in [0.4, 0.5) is 15.9 Å². The van der Waals surface area contributed by atoms with Crippen LogP contribution in [0.15, 0.2) is 27.7 Å². The maximum Gasteiger partial charge on any atom is 0.267 e. The number of nitrogen functional groups attached to an aromatic ring is 1. The first kappa shape index (κ1) is 13.8. The molecule has 19 heavy (non-hydrogen) atoms. The van der Waals surface area contributed by atoms with Gasteiger partial charge in [0.05, 0.1) is 16.4 Å². The Morgan fingerprint density at radius 2 is 2.16 bits per heavy atom. The van der Waals surface area contributed by atoms with E-state index in [0.717, 1.165) is 6.20 Å². The maximum atomic E-state index is 13.3. The molecular formula is C10H10BrFN4O2S. The molecule has 102 valence electrons. The van der Waals surface area contributed by atoms with Gasteiger partial charge >= 0.3 is 0 Å². The summed E-state index contributed by atoms with van der Waals surface area (Å²) >= 11 is 3.00. The maximum absolute atomic E-state index is 13.3. The van der Waals surface area contributed by atoms with Crippen molar-refractivity contribution < 1.29 is 12.8 Å². The van der Waals surface area contributed by atoms with Gasteiger partial charge in [-0.2, -0.15) is 5.10 Å². The van der Waals surface area contributed by atoms with Gasteiger partial charge < -0.3 is 5.73 Å². The number of aryl methyl sites for hydroxylation is 1. The number of sulfonamides is 1. The average Bonchev–Trinajstić information content (AvgIpc) is 2.73. The van der Waals surface area contributed by atoms with Gasteiger partial charge in [-0.1, -0.05) is 0 Å². The predicted octanol–water partition coefficient (Wildman–Crippen LogP) is 2.00. The molecular weight excluding hydrogens is 339 g/mol. The van der Waals surface area contributed by atoms with Crippen LogP contribution in [-0.4, -0.2) is 18.6 Å². The fraction of sp³-hybridized carbons (Fsp3) is 0.100. The number of rotatable bonds is 3. The largest absolute Gasteiger partial charge is 0.383 e. The average molecular weight is 349 g/mol. The molecule has 0 saturated carbocycles. The van der Waals surface area contributed by atoms with Crippen LogP contribution >= 0.6 is 15.9 Å². The number of H-pyrrole nitrogens is 1. The van der Waals surface area contributed by atoms with Crippen LogP contribution in [0, 0.1) is 12.7 Å². The molecule has 9 heteroatoms. The minimum atomic E-state index is -3.86. The molecule has 0 aliphatic rings. The van der Waals surface area contributed by atoms with Crippen LogP contribution in [0.2, 0.25) is 0 Å². The second kappa shape index (κ2) is 4.82. The molecule has 6 nitrogen and oxygen atoms in total. The zero-order chi connectivity index (χ0) is 14.2. The SMILES string of the molecule is Cc1cc(F)c(Br)cc1NS(=O)(=O)c1cn[nH]c1N. The summed E-state index contributed by atoms with van der Waals surface area (Å²) in [5.41, 5.74) is 6.17. The van der Waals surface area contributed by atoms with Gasteiger partial charge in [-0.25, -0.2) is 12.8 Å². The zero-order valence-electron chi connectivity index (χ0n) is 9.74. The topological polar surface area (TPSA) is 101 Å². The Morgan fingerprint density at radius 1 is 1.47 bits per heavy atom. The molecule has 1 heterocycles. The molecule has 2 aromatic rings. The lowest BCUT2D eigenvalue weighted by Crippen LogP contribution is -2.14. The van der Waals surface area contributed by atoms with Gasteiger partial charge in [-0.05, 0) is 40.5 Å². The molecule has 0 fully saturated rings. The number of halogens is 2. The molecule has 0 spiro atoms. The van der Waals surface area contributed by atoms with E-state index in [1.54, 1.807) is 6.92 Å². The zero-order valence-corrected chi connectivity index (χ0v) is 12.1. The molecule has 0 aliphatic heterocycles. The highest BCUT2D eigenvalue weighted by Crippen LogP contribution is 2.27. The minimum Gasteiger partial charge on any atom is -0.383 e. The van der Waals surface area contributed by atoms with E-state index >= 15 is 0 Å². The van der Waals surface area contributed by atoms with E-state index in [1.807, 2.05) is 0 Å². The summed E-state index contributed by atoms with van der Waals surface area (Å²) < 4.78 is 39.9. The summed E-state index contributed by atoms with van der Waals surface area (Å²) in [7, 11) is -3.86. The van der Waals surface area contributed by atoms with Crippen LogP contribution < -0.4 is 10.5 Å². The van der Waals surface area contributed by atoms with Crippen LogP contribution in [0.25, 0.3) is 0 Å². The van der Waals surface area contributed by atoms with Crippen LogP contribution in [0.1, 0.15) is 5.56 Å². The number of benzene rings is 1. The Labute approximate surface area is 117 Å². The molecule has 0 aliphatic carbocycles. The number of nitrogens with one attached hydrogen (secondary N) is 2. The summed E-state index contributed by atoms with van der Waals surface area (Å²) in [4.78, 5) is -0.160. The summed E-state index contributed by atoms with van der Waals surface area (Å²) in [6, 6.07) is 2.57. The van der Waals surface area contributed by atoms with E-state index in [9.17, 15) is 12.8 Å². The Kier molecular flexibility index (Phi) is 3.50. The van der Waals surface area contributed by atoms with Gasteiger partial charge in [0.15, 0.2) is 0 Å². The lowest BCUT2D eigenvalue weighted by atomic mass is 10.2. The van der Waals surface area contributed by atoms with Crippen molar-refractivity contribution in [2.75, 3.05) is 10.5 Å². The van der Waals surface area contributed by atoms with Crippen molar-refractivity contribution >= 4 is 37.5 Å². The second-order valence-electron chi connectivity index (χ2n) is 3.83. The van der Waals surface area contributed by atoms with E-state index in [2.05, 4.69) is 30.8 Å². The van der Waals surface area contributed by atoms with Crippen molar-refractivity contribution in [2.45, 2.75) is 11.8 Å². The third-order valence-electron chi connectivity index (χ3n) is 2.43. The monoisotopic (exact) mass is 348 g/mol. The second-order valence-corrected chi connectivity index (χ2v) is 6.34. The number of nitrogens with two attached hydrogens (primary N) is 1. The number of hydrogen-bond acceptors (Lipinski definition) is 4. The molecule has 1 aromatic carbocycles. The number of aromatic nitrogens is 2. The fourth-order valence-electron chi connectivity index (χ4n) is 1.46. The molecule has 0 bridgehead atoms. The van der Waals surface area contributed by atoms with Gasteiger partial charge in [0.2, 0.25) is 0 Å². The Bertz CT molecular complexity index is 729. The fourth-order valence-corrected chi connectivity index (χ4v) is 2.94. The summed E-state index contributed by atoms with van der Waals surface area (Å²) in [5, 5.41) is 5.88. The van der Waals surface area contributed by atoms with Crippen molar-refractivity contribution in [1.29, 1.82) is 0 Å².